The highest BCUT2D eigenvalue weighted by Gasteiger charge is 2.28. The Morgan fingerprint density at radius 1 is 1.10 bits per heavy atom. The molecule has 1 aliphatic heterocycles. The first-order valence-corrected chi connectivity index (χ1v) is 6.69. The fourth-order valence-electron chi connectivity index (χ4n) is 2.44. The predicted molar refractivity (Wildman–Crippen MR) is 72.7 cm³/mol. The fourth-order valence-corrected chi connectivity index (χ4v) is 2.62. The highest BCUT2D eigenvalue weighted by atomic mass is 35.5. The summed E-state index contributed by atoms with van der Waals surface area (Å²) in [6, 6.07) is 6.46. The largest absolute Gasteiger partial charge is 0.485 e. The number of hydrogen-bond acceptors (Lipinski definition) is 2. The van der Waals surface area contributed by atoms with Gasteiger partial charge < -0.3 is 10.5 Å². The van der Waals surface area contributed by atoms with E-state index in [1.165, 1.54) is 0 Å². The van der Waals surface area contributed by atoms with Crippen molar-refractivity contribution in [3.8, 4) is 5.75 Å². The van der Waals surface area contributed by atoms with Crippen molar-refractivity contribution in [2.45, 2.75) is 18.6 Å². The van der Waals surface area contributed by atoms with Crippen molar-refractivity contribution in [3.05, 3.63) is 63.9 Å². The lowest BCUT2D eigenvalue weighted by Crippen LogP contribution is -2.24. The van der Waals surface area contributed by atoms with Gasteiger partial charge >= 0.3 is 0 Å². The molecule has 0 aliphatic carbocycles. The predicted octanol–water partition coefficient (Wildman–Crippen LogP) is 4.28. The van der Waals surface area contributed by atoms with E-state index in [1.54, 1.807) is 18.2 Å². The first-order chi connectivity index (χ1) is 9.95. The maximum Gasteiger partial charge on any atom is 0.194 e. The van der Waals surface area contributed by atoms with Crippen molar-refractivity contribution in [3.63, 3.8) is 0 Å². The molecule has 2 aromatic rings. The number of fused-ring (bicyclic) bond motifs is 1. The second kappa shape index (κ2) is 5.24. The zero-order chi connectivity index (χ0) is 15.1. The minimum Gasteiger partial charge on any atom is -0.485 e. The smallest absolute Gasteiger partial charge is 0.194 e. The lowest BCUT2D eigenvalue weighted by atomic mass is 9.93. The molecule has 2 atom stereocenters. The average molecular weight is 314 g/mol. The number of ether oxygens (including phenoxy) is 1. The van der Waals surface area contributed by atoms with Gasteiger partial charge in [-0.15, -0.1) is 0 Å². The highest BCUT2D eigenvalue weighted by Crippen LogP contribution is 2.41. The van der Waals surface area contributed by atoms with E-state index in [0.717, 1.165) is 17.7 Å². The Hall–Kier alpha value is -1.72. The van der Waals surface area contributed by atoms with Crippen LogP contribution in [0.2, 0.25) is 5.02 Å². The normalized spacial score (nSPS) is 20.8. The summed E-state index contributed by atoms with van der Waals surface area (Å²) in [7, 11) is 0. The van der Waals surface area contributed by atoms with Gasteiger partial charge in [0.25, 0.3) is 0 Å². The van der Waals surface area contributed by atoms with Crippen LogP contribution >= 0.6 is 11.6 Å². The maximum atomic E-state index is 13.3. The van der Waals surface area contributed by atoms with Crippen LogP contribution in [0.1, 0.15) is 29.7 Å². The van der Waals surface area contributed by atoms with Crippen LogP contribution in [0.25, 0.3) is 0 Å². The van der Waals surface area contributed by atoms with Crippen LogP contribution in [0.5, 0.6) is 5.75 Å². The Balaban J connectivity index is 1.98. The summed E-state index contributed by atoms with van der Waals surface area (Å²) in [5.41, 5.74) is 7.00. The number of benzene rings is 2. The molecule has 1 aliphatic rings. The van der Waals surface area contributed by atoms with Gasteiger partial charge in [0, 0.05) is 23.0 Å². The zero-order valence-electron chi connectivity index (χ0n) is 10.7. The Kier molecular flexibility index (Phi) is 3.55. The molecule has 1 unspecified atom stereocenters. The van der Waals surface area contributed by atoms with Crippen LogP contribution in [0.4, 0.5) is 13.2 Å². The molecule has 3 rings (SSSR count). The van der Waals surface area contributed by atoms with Crippen molar-refractivity contribution >= 4 is 11.6 Å². The number of nitrogens with two attached hydrogens (primary N) is 1. The van der Waals surface area contributed by atoms with Crippen LogP contribution in [-0.4, -0.2) is 0 Å². The van der Waals surface area contributed by atoms with Gasteiger partial charge in [0.2, 0.25) is 0 Å². The molecule has 0 amide bonds. The standard InChI is InChI=1S/C15H11ClF3NO/c16-8-1-2-13-9(5-8)12(20)6-14(21-13)7-3-10(17)15(19)11(18)4-7/h1-5,12,14H,6,20H2/t12-,14?/m1/s1. The van der Waals surface area contributed by atoms with E-state index in [0.29, 0.717) is 17.2 Å². The number of hydrogen-bond donors (Lipinski definition) is 1. The monoisotopic (exact) mass is 313 g/mol. The summed E-state index contributed by atoms with van der Waals surface area (Å²) in [5, 5.41) is 0.533. The zero-order valence-corrected chi connectivity index (χ0v) is 11.5. The number of halogens is 4. The minimum absolute atomic E-state index is 0.211. The molecule has 0 bridgehead atoms. The molecule has 0 saturated carbocycles. The molecule has 2 aromatic carbocycles. The first kappa shape index (κ1) is 14.2. The molecule has 0 radical (unpaired) electrons. The van der Waals surface area contributed by atoms with E-state index < -0.39 is 23.6 Å². The van der Waals surface area contributed by atoms with E-state index in [1.807, 2.05) is 0 Å². The third-order valence-electron chi connectivity index (χ3n) is 3.49. The van der Waals surface area contributed by atoms with Gasteiger partial charge in [-0.1, -0.05) is 11.6 Å². The Bertz CT molecular complexity index is 684. The second-order valence-corrected chi connectivity index (χ2v) is 5.37. The molecule has 0 fully saturated rings. The molecule has 21 heavy (non-hydrogen) atoms. The summed E-state index contributed by atoms with van der Waals surface area (Å²) >= 11 is 5.90. The van der Waals surface area contributed by atoms with Gasteiger partial charge in [0.1, 0.15) is 11.9 Å². The molecule has 6 heteroatoms. The molecule has 1 heterocycles. The summed E-state index contributed by atoms with van der Waals surface area (Å²) in [6.45, 7) is 0. The number of rotatable bonds is 1. The van der Waals surface area contributed by atoms with Crippen molar-refractivity contribution in [2.24, 2.45) is 5.73 Å². The van der Waals surface area contributed by atoms with E-state index in [2.05, 4.69) is 0 Å². The minimum atomic E-state index is -1.49. The Morgan fingerprint density at radius 3 is 2.43 bits per heavy atom. The summed E-state index contributed by atoms with van der Waals surface area (Å²) in [4.78, 5) is 0. The Morgan fingerprint density at radius 2 is 1.76 bits per heavy atom. The van der Waals surface area contributed by atoms with Crippen LogP contribution in [-0.2, 0) is 0 Å². The van der Waals surface area contributed by atoms with Crippen molar-refractivity contribution in [1.29, 1.82) is 0 Å². The van der Waals surface area contributed by atoms with Crippen LogP contribution in [0, 0.1) is 17.5 Å². The first-order valence-electron chi connectivity index (χ1n) is 6.32. The maximum absolute atomic E-state index is 13.3. The van der Waals surface area contributed by atoms with Gasteiger partial charge in [-0.25, -0.2) is 13.2 Å². The molecular weight excluding hydrogens is 303 g/mol. The van der Waals surface area contributed by atoms with Crippen molar-refractivity contribution < 1.29 is 17.9 Å². The highest BCUT2D eigenvalue weighted by molar-refractivity contribution is 6.30. The van der Waals surface area contributed by atoms with Crippen LogP contribution < -0.4 is 10.5 Å². The summed E-state index contributed by atoms with van der Waals surface area (Å²) in [5.74, 6) is -3.48. The molecule has 0 saturated heterocycles. The quantitative estimate of drug-likeness (QED) is 0.798. The Labute approximate surface area is 124 Å². The third kappa shape index (κ3) is 2.59. The van der Waals surface area contributed by atoms with Gasteiger partial charge in [0.05, 0.1) is 0 Å². The summed E-state index contributed by atoms with van der Waals surface area (Å²) in [6.07, 6.45) is -0.323. The average Bonchev–Trinajstić information content (AvgIpc) is 2.44. The second-order valence-electron chi connectivity index (χ2n) is 4.93. The van der Waals surface area contributed by atoms with Crippen molar-refractivity contribution in [2.75, 3.05) is 0 Å². The van der Waals surface area contributed by atoms with Crippen LogP contribution in [0.3, 0.4) is 0 Å². The topological polar surface area (TPSA) is 35.2 Å². The summed E-state index contributed by atoms with van der Waals surface area (Å²) < 4.78 is 45.4. The lowest BCUT2D eigenvalue weighted by Gasteiger charge is -2.30. The van der Waals surface area contributed by atoms with Gasteiger partial charge in [-0.2, -0.15) is 0 Å². The van der Waals surface area contributed by atoms with Gasteiger partial charge in [-0.3, -0.25) is 0 Å². The van der Waals surface area contributed by atoms with E-state index in [-0.39, 0.29) is 11.6 Å². The van der Waals surface area contributed by atoms with E-state index in [9.17, 15) is 13.2 Å². The molecule has 0 spiro atoms. The molecule has 0 aromatic heterocycles. The van der Waals surface area contributed by atoms with Gasteiger partial charge in [0.15, 0.2) is 17.5 Å². The molecule has 2 N–H and O–H groups in total. The lowest BCUT2D eigenvalue weighted by molar-refractivity contribution is 0.160. The van der Waals surface area contributed by atoms with E-state index >= 15 is 0 Å². The van der Waals surface area contributed by atoms with Crippen molar-refractivity contribution in [1.82, 2.24) is 0 Å². The third-order valence-corrected chi connectivity index (χ3v) is 3.72. The fraction of sp³-hybridized carbons (Fsp3) is 0.200. The SMILES string of the molecule is N[C@@H]1CC(c2cc(F)c(F)c(F)c2)Oc2ccc(Cl)cc21. The van der Waals surface area contributed by atoms with Crippen LogP contribution in [0.15, 0.2) is 30.3 Å². The van der Waals surface area contributed by atoms with Gasteiger partial charge in [-0.05, 0) is 35.9 Å². The molecule has 2 nitrogen and oxygen atoms in total. The van der Waals surface area contributed by atoms with E-state index in [4.69, 9.17) is 22.1 Å². The molecule has 110 valence electrons. The molecular formula is C15H11ClF3NO.